The van der Waals surface area contributed by atoms with Crippen LogP contribution < -0.4 is 5.32 Å². The minimum atomic E-state index is -1.70. The molecule has 0 spiro atoms. The van der Waals surface area contributed by atoms with Crippen molar-refractivity contribution in [2.75, 3.05) is 26.0 Å². The van der Waals surface area contributed by atoms with Gasteiger partial charge < -0.3 is 15.2 Å². The zero-order valence-electron chi connectivity index (χ0n) is 11.0. The van der Waals surface area contributed by atoms with Crippen molar-refractivity contribution >= 4 is 22.7 Å². The van der Waals surface area contributed by atoms with E-state index in [1.54, 1.807) is 21.0 Å². The van der Waals surface area contributed by atoms with Gasteiger partial charge in [-0.1, -0.05) is 13.8 Å². The molecule has 0 aliphatic carbocycles. The molecule has 0 radical (unpaired) electrons. The Morgan fingerprint density at radius 3 is 2.44 bits per heavy atom. The first kappa shape index (κ1) is 17.1. The Balaban J connectivity index is 4.13. The number of carboxylic acid groups (broad SMARTS) is 1. The molecule has 0 aromatic heterocycles. The molecule has 6 nitrogen and oxygen atoms in total. The number of carbonyl (C=O) groups is 2. The van der Waals surface area contributed by atoms with E-state index in [1.165, 1.54) is 0 Å². The van der Waals surface area contributed by atoms with Crippen molar-refractivity contribution in [2.24, 2.45) is 5.92 Å². The molecule has 2 unspecified atom stereocenters. The molecule has 7 heteroatoms. The molecule has 106 valence electrons. The molecule has 0 bridgehead atoms. The minimum Gasteiger partial charge on any atom is -0.480 e. The maximum Gasteiger partial charge on any atom is 0.319 e. The van der Waals surface area contributed by atoms with Gasteiger partial charge in [-0.15, -0.1) is 0 Å². The van der Waals surface area contributed by atoms with E-state index in [0.717, 1.165) is 0 Å². The van der Waals surface area contributed by atoms with Gasteiger partial charge in [0.05, 0.1) is 0 Å². The van der Waals surface area contributed by atoms with Crippen molar-refractivity contribution < 1.29 is 23.6 Å². The van der Waals surface area contributed by atoms with Gasteiger partial charge in [0, 0.05) is 31.1 Å². The number of carboxylic acids is 1. The number of nitrogens with one attached hydrogen (secondary N) is 1. The summed E-state index contributed by atoms with van der Waals surface area (Å²) in [5.41, 5.74) is 0. The Bertz CT molecular complexity index is 306. The van der Waals surface area contributed by atoms with Gasteiger partial charge >= 0.3 is 5.97 Å². The van der Waals surface area contributed by atoms with Crippen molar-refractivity contribution in [3.05, 3.63) is 0 Å². The van der Waals surface area contributed by atoms with Crippen LogP contribution >= 0.6 is 0 Å². The van der Waals surface area contributed by atoms with Gasteiger partial charge in [0.2, 0.25) is 5.91 Å². The van der Waals surface area contributed by atoms with E-state index in [9.17, 15) is 13.8 Å². The lowest BCUT2D eigenvalue weighted by atomic mass is 10.1. The summed E-state index contributed by atoms with van der Waals surface area (Å²) in [6.07, 6.45) is 0.668. The van der Waals surface area contributed by atoms with Crippen molar-refractivity contribution in [3.63, 3.8) is 0 Å². The lowest BCUT2D eigenvalue weighted by Gasteiger charge is -2.15. The highest BCUT2D eigenvalue weighted by molar-refractivity contribution is 7.87. The summed E-state index contributed by atoms with van der Waals surface area (Å²) in [4.78, 5) is 22.4. The van der Waals surface area contributed by atoms with E-state index < -0.39 is 27.9 Å². The fraction of sp³-hybridized carbons (Fsp3) is 0.818. The molecular formula is C11H21NO5S. The lowest BCUT2D eigenvalue weighted by Crippen LogP contribution is -2.37. The second kappa shape index (κ2) is 9.04. The fourth-order valence-electron chi connectivity index (χ4n) is 1.42. The lowest BCUT2D eigenvalue weighted by molar-refractivity contribution is -0.137. The summed E-state index contributed by atoms with van der Waals surface area (Å²) in [5.74, 6) is -2.07. The largest absolute Gasteiger partial charge is 0.480 e. The maximum absolute atomic E-state index is 11.8. The fourth-order valence-corrected chi connectivity index (χ4v) is 2.79. The Morgan fingerprint density at radius 2 is 2.00 bits per heavy atom. The second-order valence-electron chi connectivity index (χ2n) is 4.22. The molecule has 18 heavy (non-hydrogen) atoms. The molecule has 0 saturated heterocycles. The van der Waals surface area contributed by atoms with Gasteiger partial charge in [0.25, 0.3) is 0 Å². The summed E-state index contributed by atoms with van der Waals surface area (Å²) in [6.45, 7) is 4.32. The highest BCUT2D eigenvalue weighted by Crippen LogP contribution is 2.10. The number of methoxy groups -OCH3 is 1. The second-order valence-corrected chi connectivity index (χ2v) is 5.78. The van der Waals surface area contributed by atoms with Crippen LogP contribution in [0.2, 0.25) is 0 Å². The molecule has 0 saturated carbocycles. The number of amides is 1. The van der Waals surface area contributed by atoms with E-state index in [0.29, 0.717) is 19.6 Å². The van der Waals surface area contributed by atoms with Crippen LogP contribution in [0, 0.1) is 5.92 Å². The van der Waals surface area contributed by atoms with Gasteiger partial charge in [-0.05, 0) is 12.3 Å². The van der Waals surface area contributed by atoms with Crippen molar-refractivity contribution in [1.29, 1.82) is 0 Å². The van der Waals surface area contributed by atoms with Crippen LogP contribution in [0.15, 0.2) is 0 Å². The smallest absolute Gasteiger partial charge is 0.319 e. The van der Waals surface area contributed by atoms with Crippen LogP contribution in [0.1, 0.15) is 20.3 Å². The molecule has 1 amide bonds. The maximum atomic E-state index is 11.8. The number of carbonyl (C=O) groups excluding carboxylic acids is 1. The van der Waals surface area contributed by atoms with Crippen molar-refractivity contribution in [2.45, 2.75) is 25.5 Å². The van der Waals surface area contributed by atoms with Crippen LogP contribution in [0.25, 0.3) is 0 Å². The number of hydrogen-bond donors (Lipinski definition) is 2. The van der Waals surface area contributed by atoms with E-state index in [2.05, 4.69) is 5.32 Å². The Hall–Kier alpha value is -0.950. The standard InChI is InChI=1S/C11H21NO5S/c1-8(2)10(11(14)15)18(16)7-9(13)12-5-4-6-17-3/h8,10H,4-7H2,1-3H3,(H,12,13)(H,14,15). The number of aliphatic carboxylic acids is 1. The average molecular weight is 279 g/mol. The van der Waals surface area contributed by atoms with Gasteiger partial charge in [-0.3, -0.25) is 13.8 Å². The van der Waals surface area contributed by atoms with Gasteiger partial charge in [0.15, 0.2) is 0 Å². The third-order valence-electron chi connectivity index (χ3n) is 2.25. The summed E-state index contributed by atoms with van der Waals surface area (Å²) in [6, 6.07) is 0. The zero-order valence-corrected chi connectivity index (χ0v) is 11.8. The average Bonchev–Trinajstić information content (AvgIpc) is 2.23. The minimum absolute atomic E-state index is 0.273. The summed E-state index contributed by atoms with van der Waals surface area (Å²) in [7, 11) is -0.132. The molecule has 0 aliphatic heterocycles. The third-order valence-corrected chi connectivity index (χ3v) is 4.11. The summed E-state index contributed by atoms with van der Waals surface area (Å²) >= 11 is 0. The van der Waals surface area contributed by atoms with E-state index >= 15 is 0 Å². The molecular weight excluding hydrogens is 258 g/mol. The SMILES string of the molecule is COCCCNC(=O)CS(=O)C(C(=O)O)C(C)C. The predicted octanol–water partition coefficient (Wildman–Crippen LogP) is -0.00300. The summed E-state index contributed by atoms with van der Waals surface area (Å²) in [5, 5.41) is 10.5. The van der Waals surface area contributed by atoms with Crippen molar-refractivity contribution in [3.8, 4) is 0 Å². The topological polar surface area (TPSA) is 92.7 Å². The van der Waals surface area contributed by atoms with Gasteiger partial charge in [-0.2, -0.15) is 0 Å². The molecule has 0 rings (SSSR count). The molecule has 0 aromatic rings. The first-order valence-electron chi connectivity index (χ1n) is 5.75. The van der Waals surface area contributed by atoms with Crippen LogP contribution in [0.3, 0.4) is 0 Å². The van der Waals surface area contributed by atoms with Gasteiger partial charge in [-0.25, -0.2) is 0 Å². The van der Waals surface area contributed by atoms with E-state index in [4.69, 9.17) is 9.84 Å². The Kier molecular flexibility index (Phi) is 8.57. The van der Waals surface area contributed by atoms with E-state index in [-0.39, 0.29) is 11.7 Å². The number of rotatable bonds is 9. The van der Waals surface area contributed by atoms with E-state index in [1.807, 2.05) is 0 Å². The van der Waals surface area contributed by atoms with Crippen LogP contribution in [-0.2, 0) is 25.1 Å². The number of hydrogen-bond acceptors (Lipinski definition) is 4. The van der Waals surface area contributed by atoms with Crippen LogP contribution in [-0.4, -0.2) is 52.5 Å². The molecule has 0 heterocycles. The summed E-state index contributed by atoms with van der Waals surface area (Å²) < 4.78 is 16.6. The normalized spacial score (nSPS) is 14.2. The zero-order chi connectivity index (χ0) is 14.1. The monoisotopic (exact) mass is 279 g/mol. The third kappa shape index (κ3) is 6.70. The molecule has 0 aliphatic rings. The quantitative estimate of drug-likeness (QED) is 0.579. The Morgan fingerprint density at radius 1 is 1.39 bits per heavy atom. The van der Waals surface area contributed by atoms with Gasteiger partial charge in [0.1, 0.15) is 11.0 Å². The molecule has 0 aromatic carbocycles. The van der Waals surface area contributed by atoms with Crippen LogP contribution in [0.4, 0.5) is 0 Å². The molecule has 2 N–H and O–H groups in total. The number of ether oxygens (including phenoxy) is 1. The Labute approximate surface area is 110 Å². The highest BCUT2D eigenvalue weighted by atomic mass is 32.2. The first-order chi connectivity index (χ1) is 8.40. The predicted molar refractivity (Wildman–Crippen MR) is 68.8 cm³/mol. The molecule has 2 atom stereocenters. The highest BCUT2D eigenvalue weighted by Gasteiger charge is 2.29. The van der Waals surface area contributed by atoms with Crippen LogP contribution in [0.5, 0.6) is 0 Å². The van der Waals surface area contributed by atoms with Crippen molar-refractivity contribution in [1.82, 2.24) is 5.32 Å². The molecule has 0 fully saturated rings. The first-order valence-corrected chi connectivity index (χ1v) is 7.14.